The summed E-state index contributed by atoms with van der Waals surface area (Å²) < 4.78 is 16.0. The number of fused-ring (bicyclic) bond motifs is 1. The first-order chi connectivity index (χ1) is 13.6. The van der Waals surface area contributed by atoms with E-state index in [0.29, 0.717) is 41.0 Å². The highest BCUT2D eigenvalue weighted by molar-refractivity contribution is 6.31. The van der Waals surface area contributed by atoms with Crippen molar-refractivity contribution in [2.75, 3.05) is 32.4 Å². The summed E-state index contributed by atoms with van der Waals surface area (Å²) in [5.74, 6) is 2.21. The van der Waals surface area contributed by atoms with Gasteiger partial charge >= 0.3 is 0 Å². The number of nitrogens with one attached hydrogen (secondary N) is 1. The molecule has 0 fully saturated rings. The lowest BCUT2D eigenvalue weighted by Crippen LogP contribution is -2.09. The van der Waals surface area contributed by atoms with Gasteiger partial charge in [-0.1, -0.05) is 17.7 Å². The fraction of sp³-hybridized carbons (Fsp3) is 0.190. The lowest BCUT2D eigenvalue weighted by Gasteiger charge is -2.12. The number of halogens is 1. The van der Waals surface area contributed by atoms with Crippen LogP contribution in [0.25, 0.3) is 22.4 Å². The minimum atomic E-state index is 0.113. The zero-order valence-corrected chi connectivity index (χ0v) is 16.0. The van der Waals surface area contributed by atoms with Gasteiger partial charge in [0.25, 0.3) is 0 Å². The van der Waals surface area contributed by atoms with Crippen LogP contribution in [0, 0.1) is 0 Å². The van der Waals surface area contributed by atoms with Crippen LogP contribution in [-0.2, 0) is 4.74 Å². The van der Waals surface area contributed by atoms with Crippen molar-refractivity contribution in [1.82, 2.24) is 4.98 Å². The predicted octanol–water partition coefficient (Wildman–Crippen LogP) is 4.56. The first-order valence-electron chi connectivity index (χ1n) is 8.78. The number of hydrogen-bond acceptors (Lipinski definition) is 6. The topological polar surface area (TPSA) is 72.8 Å². The van der Waals surface area contributed by atoms with Crippen molar-refractivity contribution in [3.63, 3.8) is 0 Å². The van der Waals surface area contributed by atoms with Crippen molar-refractivity contribution >= 4 is 17.4 Å². The Balaban J connectivity index is 1.79. The van der Waals surface area contributed by atoms with Gasteiger partial charge in [0.1, 0.15) is 11.6 Å². The van der Waals surface area contributed by atoms with Crippen LogP contribution in [0.4, 0.5) is 5.82 Å². The second-order valence-electron chi connectivity index (χ2n) is 6.28. The molecular weight excluding hydrogens is 380 g/mol. The molecule has 1 aliphatic heterocycles. The SMILES string of the molecule is COCCNc1cc(-c2ccc3c(c2)OCO3)cc(-c2cc(Cl)ccc2O)n1. The second-order valence-corrected chi connectivity index (χ2v) is 6.71. The highest BCUT2D eigenvalue weighted by atomic mass is 35.5. The Morgan fingerprint density at radius 3 is 2.79 bits per heavy atom. The molecule has 0 saturated heterocycles. The van der Waals surface area contributed by atoms with Crippen LogP contribution < -0.4 is 14.8 Å². The van der Waals surface area contributed by atoms with E-state index in [2.05, 4.69) is 10.3 Å². The first-order valence-corrected chi connectivity index (χ1v) is 9.15. The van der Waals surface area contributed by atoms with Gasteiger partial charge in [0, 0.05) is 24.2 Å². The molecule has 1 aromatic heterocycles. The van der Waals surface area contributed by atoms with E-state index in [1.807, 2.05) is 30.3 Å². The molecule has 0 saturated carbocycles. The second kappa shape index (κ2) is 7.96. The van der Waals surface area contributed by atoms with E-state index in [0.717, 1.165) is 16.9 Å². The van der Waals surface area contributed by atoms with Gasteiger partial charge in [-0.15, -0.1) is 0 Å². The van der Waals surface area contributed by atoms with Crippen LogP contribution in [0.3, 0.4) is 0 Å². The van der Waals surface area contributed by atoms with Crippen LogP contribution in [0.15, 0.2) is 48.5 Å². The number of phenolic OH excluding ortho intramolecular Hbond substituents is 1. The molecule has 0 amide bonds. The van der Waals surface area contributed by atoms with Crippen molar-refractivity contribution in [3.05, 3.63) is 53.6 Å². The smallest absolute Gasteiger partial charge is 0.231 e. The molecule has 3 aromatic rings. The van der Waals surface area contributed by atoms with Crippen molar-refractivity contribution in [1.29, 1.82) is 0 Å². The Hall–Kier alpha value is -2.96. The van der Waals surface area contributed by atoms with Crippen LogP contribution in [0.2, 0.25) is 5.02 Å². The number of anilines is 1. The third kappa shape index (κ3) is 3.83. The van der Waals surface area contributed by atoms with Crippen LogP contribution in [-0.4, -0.2) is 37.1 Å². The Morgan fingerprint density at radius 1 is 1.07 bits per heavy atom. The molecule has 0 aliphatic carbocycles. The summed E-state index contributed by atoms with van der Waals surface area (Å²) >= 11 is 6.13. The molecule has 0 atom stereocenters. The summed E-state index contributed by atoms with van der Waals surface area (Å²) in [7, 11) is 1.65. The van der Waals surface area contributed by atoms with E-state index in [1.165, 1.54) is 0 Å². The Bertz CT molecular complexity index is 1010. The van der Waals surface area contributed by atoms with Gasteiger partial charge in [0.05, 0.1) is 12.3 Å². The lowest BCUT2D eigenvalue weighted by molar-refractivity contribution is 0.174. The summed E-state index contributed by atoms with van der Waals surface area (Å²) in [4.78, 5) is 4.63. The number of benzene rings is 2. The predicted molar refractivity (Wildman–Crippen MR) is 108 cm³/mol. The van der Waals surface area contributed by atoms with Gasteiger partial charge in [0.15, 0.2) is 11.5 Å². The van der Waals surface area contributed by atoms with E-state index in [1.54, 1.807) is 25.3 Å². The maximum absolute atomic E-state index is 10.3. The average Bonchev–Trinajstić information content (AvgIpc) is 3.17. The number of rotatable bonds is 6. The minimum absolute atomic E-state index is 0.113. The number of hydrogen-bond donors (Lipinski definition) is 2. The lowest BCUT2D eigenvalue weighted by atomic mass is 10.0. The normalized spacial score (nSPS) is 12.2. The zero-order valence-electron chi connectivity index (χ0n) is 15.2. The summed E-state index contributed by atoms with van der Waals surface area (Å²) in [5.41, 5.74) is 3.03. The number of ether oxygens (including phenoxy) is 3. The molecule has 2 heterocycles. The molecule has 2 N–H and O–H groups in total. The number of pyridine rings is 1. The van der Waals surface area contributed by atoms with E-state index in [-0.39, 0.29) is 12.5 Å². The molecule has 6 nitrogen and oxygen atoms in total. The highest BCUT2D eigenvalue weighted by Gasteiger charge is 2.16. The standard InChI is InChI=1S/C21H19ClN2O4/c1-26-7-6-23-21-10-14(13-2-5-19-20(9-13)28-12-27-19)8-17(24-21)16-11-15(22)3-4-18(16)25/h2-5,8-11,25H,6-7,12H2,1H3,(H,23,24). The molecule has 2 aromatic carbocycles. The molecule has 144 valence electrons. The molecule has 7 heteroatoms. The fourth-order valence-corrected chi connectivity index (χ4v) is 3.17. The summed E-state index contributed by atoms with van der Waals surface area (Å²) in [6.45, 7) is 1.38. The maximum atomic E-state index is 10.3. The van der Waals surface area contributed by atoms with Crippen molar-refractivity contribution in [3.8, 4) is 39.6 Å². The third-order valence-corrected chi connectivity index (χ3v) is 4.61. The van der Waals surface area contributed by atoms with Crippen molar-refractivity contribution < 1.29 is 19.3 Å². The average molecular weight is 399 g/mol. The largest absolute Gasteiger partial charge is 0.507 e. The van der Waals surface area contributed by atoms with Gasteiger partial charge in [-0.2, -0.15) is 0 Å². The summed E-state index contributed by atoms with van der Waals surface area (Å²) in [5, 5.41) is 14.1. The van der Waals surface area contributed by atoms with Crippen LogP contribution >= 0.6 is 11.6 Å². The number of aromatic nitrogens is 1. The molecule has 0 radical (unpaired) electrons. The van der Waals surface area contributed by atoms with Crippen molar-refractivity contribution in [2.24, 2.45) is 0 Å². The maximum Gasteiger partial charge on any atom is 0.231 e. The summed E-state index contributed by atoms with van der Waals surface area (Å²) in [6.07, 6.45) is 0. The quantitative estimate of drug-likeness (QED) is 0.593. The Morgan fingerprint density at radius 2 is 1.93 bits per heavy atom. The van der Waals surface area contributed by atoms with Gasteiger partial charge in [0.2, 0.25) is 6.79 Å². The Kier molecular flexibility index (Phi) is 5.23. The molecule has 4 rings (SSSR count). The Labute approximate surface area is 167 Å². The van der Waals surface area contributed by atoms with E-state index >= 15 is 0 Å². The molecule has 0 spiro atoms. The first kappa shape index (κ1) is 18.4. The van der Waals surface area contributed by atoms with Gasteiger partial charge < -0.3 is 24.6 Å². The zero-order chi connectivity index (χ0) is 19.5. The number of methoxy groups -OCH3 is 1. The molecule has 28 heavy (non-hydrogen) atoms. The number of nitrogens with zero attached hydrogens (tertiary/aromatic N) is 1. The van der Waals surface area contributed by atoms with Crippen molar-refractivity contribution in [2.45, 2.75) is 0 Å². The van der Waals surface area contributed by atoms with Gasteiger partial charge in [-0.25, -0.2) is 4.98 Å². The molecule has 0 unspecified atom stereocenters. The van der Waals surface area contributed by atoms with Crippen LogP contribution in [0.1, 0.15) is 0 Å². The number of phenols is 1. The molecular formula is C21H19ClN2O4. The highest BCUT2D eigenvalue weighted by Crippen LogP contribution is 2.38. The van der Waals surface area contributed by atoms with E-state index in [4.69, 9.17) is 25.8 Å². The third-order valence-electron chi connectivity index (χ3n) is 4.38. The monoisotopic (exact) mass is 398 g/mol. The summed E-state index contributed by atoms with van der Waals surface area (Å²) in [6, 6.07) is 14.5. The van der Waals surface area contributed by atoms with Gasteiger partial charge in [-0.3, -0.25) is 0 Å². The molecule has 0 bridgehead atoms. The molecule has 1 aliphatic rings. The van der Waals surface area contributed by atoms with Crippen LogP contribution in [0.5, 0.6) is 17.2 Å². The van der Waals surface area contributed by atoms with E-state index < -0.39 is 0 Å². The van der Waals surface area contributed by atoms with Gasteiger partial charge in [-0.05, 0) is 53.6 Å². The minimum Gasteiger partial charge on any atom is -0.507 e. The van der Waals surface area contributed by atoms with E-state index in [9.17, 15) is 5.11 Å². The number of aromatic hydroxyl groups is 1. The fourth-order valence-electron chi connectivity index (χ4n) is 3.00.